The number of hydrogen-bond acceptors (Lipinski definition) is 3. The number of furan rings is 1. The van der Waals surface area contributed by atoms with Crippen LogP contribution in [0, 0.1) is 0 Å². The van der Waals surface area contributed by atoms with E-state index < -0.39 is 0 Å². The summed E-state index contributed by atoms with van der Waals surface area (Å²) in [4.78, 5) is 2.45. The average molecular weight is 270 g/mol. The largest absolute Gasteiger partial charge is 0.469 e. The van der Waals surface area contributed by atoms with Crippen molar-refractivity contribution in [2.45, 2.75) is 32.2 Å². The lowest BCUT2D eigenvalue weighted by Crippen LogP contribution is -2.19. The Hall–Kier alpha value is -1.90. The van der Waals surface area contributed by atoms with Crippen molar-refractivity contribution in [3.8, 4) is 0 Å². The van der Waals surface area contributed by atoms with Gasteiger partial charge in [-0.1, -0.05) is 0 Å². The maximum atomic E-state index is 5.38. The maximum Gasteiger partial charge on any atom is 0.105 e. The van der Waals surface area contributed by atoms with Gasteiger partial charge < -0.3 is 14.6 Å². The highest BCUT2D eigenvalue weighted by Gasteiger charge is 2.12. The summed E-state index contributed by atoms with van der Waals surface area (Å²) in [6, 6.07) is 13.1. The van der Waals surface area contributed by atoms with Crippen molar-refractivity contribution in [3.05, 3.63) is 48.4 Å². The molecule has 1 aromatic heterocycles. The van der Waals surface area contributed by atoms with Gasteiger partial charge >= 0.3 is 0 Å². The first-order valence-electron chi connectivity index (χ1n) is 7.45. The number of nitrogens with zero attached hydrogens (tertiary/aromatic N) is 1. The molecule has 2 aromatic rings. The topological polar surface area (TPSA) is 28.4 Å². The summed E-state index contributed by atoms with van der Waals surface area (Å²) in [6.45, 7) is 4.57. The van der Waals surface area contributed by atoms with Crippen molar-refractivity contribution in [2.24, 2.45) is 0 Å². The van der Waals surface area contributed by atoms with Gasteiger partial charge in [0.25, 0.3) is 0 Å². The maximum absolute atomic E-state index is 5.38. The third kappa shape index (κ3) is 3.16. The molecule has 0 saturated carbocycles. The van der Waals surface area contributed by atoms with Gasteiger partial charge in [-0.25, -0.2) is 0 Å². The van der Waals surface area contributed by atoms with E-state index in [0.29, 0.717) is 6.04 Å². The van der Waals surface area contributed by atoms with Crippen LogP contribution in [-0.4, -0.2) is 19.1 Å². The predicted octanol–water partition coefficient (Wildman–Crippen LogP) is 3.92. The number of rotatable bonds is 5. The van der Waals surface area contributed by atoms with Crippen molar-refractivity contribution in [1.82, 2.24) is 0 Å². The second-order valence-electron chi connectivity index (χ2n) is 5.57. The highest BCUT2D eigenvalue weighted by atomic mass is 16.3. The van der Waals surface area contributed by atoms with Crippen LogP contribution in [0.15, 0.2) is 47.1 Å². The molecule has 0 aliphatic carbocycles. The molecule has 1 fully saturated rings. The fourth-order valence-electron chi connectivity index (χ4n) is 2.81. The average Bonchev–Trinajstić information content (AvgIpc) is 3.12. The molecule has 1 N–H and O–H groups in total. The van der Waals surface area contributed by atoms with Crippen LogP contribution in [-0.2, 0) is 6.42 Å². The Morgan fingerprint density at radius 2 is 1.90 bits per heavy atom. The Morgan fingerprint density at radius 3 is 2.55 bits per heavy atom. The molecule has 20 heavy (non-hydrogen) atoms. The van der Waals surface area contributed by atoms with Gasteiger partial charge in [-0.15, -0.1) is 0 Å². The summed E-state index contributed by atoms with van der Waals surface area (Å²) in [5, 5.41) is 3.52. The van der Waals surface area contributed by atoms with Crippen LogP contribution in [0.4, 0.5) is 11.4 Å². The molecule has 3 heteroatoms. The summed E-state index contributed by atoms with van der Waals surface area (Å²) in [6.07, 6.45) is 5.27. The smallest absolute Gasteiger partial charge is 0.105 e. The van der Waals surface area contributed by atoms with Gasteiger partial charge in [0, 0.05) is 36.9 Å². The lowest BCUT2D eigenvalue weighted by molar-refractivity contribution is 0.498. The highest BCUT2D eigenvalue weighted by Crippen LogP contribution is 2.22. The van der Waals surface area contributed by atoms with Crippen LogP contribution in [0.5, 0.6) is 0 Å². The minimum absolute atomic E-state index is 0.360. The molecule has 0 amide bonds. The second kappa shape index (κ2) is 6.04. The monoisotopic (exact) mass is 270 g/mol. The van der Waals surface area contributed by atoms with E-state index in [1.807, 2.05) is 12.1 Å². The fourth-order valence-corrected chi connectivity index (χ4v) is 2.81. The molecule has 1 aromatic carbocycles. The quantitative estimate of drug-likeness (QED) is 0.892. The number of hydrogen-bond donors (Lipinski definition) is 1. The van der Waals surface area contributed by atoms with Crippen molar-refractivity contribution in [1.29, 1.82) is 0 Å². The molecule has 2 heterocycles. The summed E-state index contributed by atoms with van der Waals surface area (Å²) in [5.74, 6) is 1.03. The van der Waals surface area contributed by atoms with E-state index in [1.54, 1.807) is 6.26 Å². The SMILES string of the molecule is CC(Cc1ccco1)Nc1ccc(N2CCCC2)cc1. The number of nitrogens with one attached hydrogen (secondary N) is 1. The third-order valence-corrected chi connectivity index (χ3v) is 3.84. The lowest BCUT2D eigenvalue weighted by Gasteiger charge is -2.19. The van der Waals surface area contributed by atoms with Crippen molar-refractivity contribution in [3.63, 3.8) is 0 Å². The summed E-state index contributed by atoms with van der Waals surface area (Å²) in [7, 11) is 0. The van der Waals surface area contributed by atoms with Gasteiger partial charge in [0.05, 0.1) is 6.26 Å². The van der Waals surface area contributed by atoms with Gasteiger partial charge in [-0.05, 0) is 56.2 Å². The van der Waals surface area contributed by atoms with E-state index in [1.165, 1.54) is 37.3 Å². The van der Waals surface area contributed by atoms with Crippen LogP contribution in [0.1, 0.15) is 25.5 Å². The summed E-state index contributed by atoms with van der Waals surface area (Å²) in [5.41, 5.74) is 2.51. The Morgan fingerprint density at radius 1 is 1.15 bits per heavy atom. The minimum Gasteiger partial charge on any atom is -0.469 e. The standard InChI is InChI=1S/C17H22N2O/c1-14(13-17-5-4-12-20-17)18-15-6-8-16(9-7-15)19-10-2-3-11-19/h4-9,12,14,18H,2-3,10-11,13H2,1H3. The van der Waals surface area contributed by atoms with Crippen molar-refractivity contribution < 1.29 is 4.42 Å². The van der Waals surface area contributed by atoms with Gasteiger partial charge in [-0.3, -0.25) is 0 Å². The molecule has 0 radical (unpaired) electrons. The Labute approximate surface area is 120 Å². The molecule has 0 bridgehead atoms. The van der Waals surface area contributed by atoms with Gasteiger partial charge in [0.2, 0.25) is 0 Å². The van der Waals surface area contributed by atoms with Crippen LogP contribution in [0.3, 0.4) is 0 Å². The molecule has 1 aliphatic rings. The van der Waals surface area contributed by atoms with Crippen LogP contribution in [0.2, 0.25) is 0 Å². The molecule has 3 rings (SSSR count). The molecular formula is C17H22N2O. The predicted molar refractivity (Wildman–Crippen MR) is 83.4 cm³/mol. The number of benzene rings is 1. The molecule has 1 aliphatic heterocycles. The zero-order valence-corrected chi connectivity index (χ0v) is 12.0. The normalized spacial score (nSPS) is 16.4. The van der Waals surface area contributed by atoms with Crippen LogP contribution in [0.25, 0.3) is 0 Å². The van der Waals surface area contributed by atoms with Gasteiger partial charge in [0.15, 0.2) is 0 Å². The third-order valence-electron chi connectivity index (χ3n) is 3.84. The fraction of sp³-hybridized carbons (Fsp3) is 0.412. The number of anilines is 2. The molecular weight excluding hydrogens is 248 g/mol. The second-order valence-corrected chi connectivity index (χ2v) is 5.57. The van der Waals surface area contributed by atoms with Crippen LogP contribution < -0.4 is 10.2 Å². The Kier molecular flexibility index (Phi) is 3.95. The Balaban J connectivity index is 1.57. The van der Waals surface area contributed by atoms with E-state index in [4.69, 9.17) is 4.42 Å². The zero-order valence-electron chi connectivity index (χ0n) is 12.0. The van der Waals surface area contributed by atoms with Gasteiger partial charge in [-0.2, -0.15) is 0 Å². The van der Waals surface area contributed by atoms with E-state index in [9.17, 15) is 0 Å². The molecule has 106 valence electrons. The van der Waals surface area contributed by atoms with E-state index in [2.05, 4.69) is 41.4 Å². The van der Waals surface area contributed by atoms with E-state index in [-0.39, 0.29) is 0 Å². The zero-order chi connectivity index (χ0) is 13.8. The summed E-state index contributed by atoms with van der Waals surface area (Å²) < 4.78 is 5.38. The van der Waals surface area contributed by atoms with Crippen molar-refractivity contribution >= 4 is 11.4 Å². The van der Waals surface area contributed by atoms with Crippen molar-refractivity contribution in [2.75, 3.05) is 23.3 Å². The molecule has 1 unspecified atom stereocenters. The first kappa shape index (κ1) is 13.1. The minimum atomic E-state index is 0.360. The molecule has 0 spiro atoms. The van der Waals surface area contributed by atoms with E-state index in [0.717, 1.165) is 12.2 Å². The van der Waals surface area contributed by atoms with Crippen LogP contribution >= 0.6 is 0 Å². The highest BCUT2D eigenvalue weighted by molar-refractivity contribution is 5.55. The summed E-state index contributed by atoms with van der Waals surface area (Å²) >= 11 is 0. The van der Waals surface area contributed by atoms with E-state index >= 15 is 0 Å². The molecule has 1 atom stereocenters. The Bertz CT molecular complexity index is 512. The molecule has 3 nitrogen and oxygen atoms in total. The first-order chi connectivity index (χ1) is 9.81. The van der Waals surface area contributed by atoms with Gasteiger partial charge in [0.1, 0.15) is 5.76 Å². The first-order valence-corrected chi connectivity index (χ1v) is 7.45. The molecule has 1 saturated heterocycles. The lowest BCUT2D eigenvalue weighted by atomic mass is 10.2.